The van der Waals surface area contributed by atoms with Gasteiger partial charge in [0, 0.05) is 55.7 Å². The average Bonchev–Trinajstić information content (AvgIpc) is 3.60. The molecular weight excluding hydrogens is 557 g/mol. The molecule has 0 amide bonds. The van der Waals surface area contributed by atoms with Gasteiger partial charge in [-0.3, -0.25) is 4.90 Å². The van der Waals surface area contributed by atoms with E-state index in [1.54, 1.807) is 18.5 Å². The second-order valence-electron chi connectivity index (χ2n) is 11.2. The minimum absolute atomic E-state index is 0.400. The van der Waals surface area contributed by atoms with Crippen molar-refractivity contribution in [2.75, 3.05) is 44.3 Å². The van der Waals surface area contributed by atoms with Crippen LogP contribution in [0.15, 0.2) is 48.9 Å². The van der Waals surface area contributed by atoms with Crippen molar-refractivity contribution in [2.45, 2.75) is 37.8 Å². The third-order valence-corrected chi connectivity index (χ3v) is 9.38. The largest absolute Gasteiger partial charge is 0.383 e. The van der Waals surface area contributed by atoms with E-state index in [2.05, 4.69) is 60.0 Å². The fourth-order valence-electron chi connectivity index (χ4n) is 6.45. The maximum absolute atomic E-state index is 6.44. The molecule has 4 heterocycles. The van der Waals surface area contributed by atoms with E-state index in [9.17, 15) is 0 Å². The molecule has 0 unspecified atom stereocenters. The molecule has 4 N–H and O–H groups in total. The van der Waals surface area contributed by atoms with Crippen LogP contribution in [0.2, 0.25) is 10.0 Å². The molecule has 1 saturated carbocycles. The van der Waals surface area contributed by atoms with E-state index in [0.717, 1.165) is 53.8 Å². The van der Waals surface area contributed by atoms with E-state index < -0.39 is 0 Å². The SMILES string of the molecule is CN1CCN([C@H]2CC[C@H](n3cc(-c4ccc(Nc5nc6c(Cl)ccc(Cl)c6[nH]5)cc4)c4c(N)ncnc43)CC2)CC1. The number of nitrogen functional groups attached to an aromatic ring is 1. The van der Waals surface area contributed by atoms with Crippen LogP contribution >= 0.6 is 23.2 Å². The molecule has 9 nitrogen and oxygen atoms in total. The number of aromatic nitrogens is 5. The van der Waals surface area contributed by atoms with E-state index in [4.69, 9.17) is 33.9 Å². The van der Waals surface area contributed by atoms with E-state index >= 15 is 0 Å². The van der Waals surface area contributed by atoms with E-state index in [-0.39, 0.29) is 0 Å². The summed E-state index contributed by atoms with van der Waals surface area (Å²) < 4.78 is 2.34. The number of nitrogens with one attached hydrogen (secondary N) is 2. The minimum Gasteiger partial charge on any atom is -0.383 e. The zero-order valence-electron chi connectivity index (χ0n) is 22.9. The Labute approximate surface area is 248 Å². The minimum atomic E-state index is 0.400. The molecule has 11 heteroatoms. The predicted molar refractivity (Wildman–Crippen MR) is 167 cm³/mol. The lowest BCUT2D eigenvalue weighted by Gasteiger charge is -2.41. The van der Waals surface area contributed by atoms with Gasteiger partial charge in [-0.15, -0.1) is 0 Å². The molecule has 2 aromatic carbocycles. The Morgan fingerprint density at radius 1 is 0.902 bits per heavy atom. The van der Waals surface area contributed by atoms with Crippen molar-refractivity contribution in [3.8, 4) is 11.1 Å². The Morgan fingerprint density at radius 2 is 1.61 bits per heavy atom. The molecule has 0 radical (unpaired) electrons. The molecule has 212 valence electrons. The molecule has 1 saturated heterocycles. The number of nitrogens with two attached hydrogens (primary N) is 1. The highest BCUT2D eigenvalue weighted by molar-refractivity contribution is 6.39. The molecule has 1 aliphatic carbocycles. The summed E-state index contributed by atoms with van der Waals surface area (Å²) in [5.41, 5.74) is 11.7. The van der Waals surface area contributed by atoms with Gasteiger partial charge in [0.05, 0.1) is 20.9 Å². The number of likely N-dealkylation sites (N-methyl/N-ethyl adjacent to an activating group) is 1. The molecule has 0 bridgehead atoms. The Balaban J connectivity index is 1.13. The zero-order valence-corrected chi connectivity index (χ0v) is 24.5. The summed E-state index contributed by atoms with van der Waals surface area (Å²) in [6, 6.07) is 12.8. The number of nitrogens with zero attached hydrogens (tertiary/aromatic N) is 6. The van der Waals surface area contributed by atoms with Crippen LogP contribution in [0.3, 0.4) is 0 Å². The van der Waals surface area contributed by atoms with Crippen LogP contribution in [-0.2, 0) is 0 Å². The topological polar surface area (TPSA) is 104 Å². The van der Waals surface area contributed by atoms with Crippen molar-refractivity contribution in [1.82, 2.24) is 34.3 Å². The zero-order chi connectivity index (χ0) is 28.1. The number of anilines is 3. The van der Waals surface area contributed by atoms with Gasteiger partial charge < -0.3 is 25.5 Å². The van der Waals surface area contributed by atoms with Crippen molar-refractivity contribution in [2.24, 2.45) is 0 Å². The highest BCUT2D eigenvalue weighted by atomic mass is 35.5. The first-order chi connectivity index (χ1) is 19.9. The Kier molecular flexibility index (Phi) is 6.98. The number of fused-ring (bicyclic) bond motifs is 2. The number of halogens is 2. The predicted octanol–water partition coefficient (Wildman–Crippen LogP) is 6.34. The number of imidazole rings is 1. The normalized spacial score (nSPS) is 20.7. The smallest absolute Gasteiger partial charge is 0.205 e. The number of benzene rings is 2. The summed E-state index contributed by atoms with van der Waals surface area (Å²) in [5.74, 6) is 1.08. The number of H-pyrrole nitrogens is 1. The van der Waals surface area contributed by atoms with Crippen LogP contribution in [0.5, 0.6) is 0 Å². The van der Waals surface area contributed by atoms with Crippen molar-refractivity contribution in [1.29, 1.82) is 0 Å². The van der Waals surface area contributed by atoms with Crippen molar-refractivity contribution in [3.05, 3.63) is 59.0 Å². The summed E-state index contributed by atoms with van der Waals surface area (Å²) in [4.78, 5) is 21.9. The van der Waals surface area contributed by atoms with Gasteiger partial charge in [-0.2, -0.15) is 0 Å². The quantitative estimate of drug-likeness (QED) is 0.220. The Bertz CT molecular complexity index is 1660. The van der Waals surface area contributed by atoms with Gasteiger partial charge in [-0.1, -0.05) is 35.3 Å². The third kappa shape index (κ3) is 5.01. The molecule has 0 spiro atoms. The van der Waals surface area contributed by atoms with Crippen LogP contribution in [0, 0.1) is 0 Å². The Morgan fingerprint density at radius 3 is 2.34 bits per heavy atom. The molecular formula is C30H33Cl2N9. The molecule has 5 aromatic rings. The first-order valence-corrected chi connectivity index (χ1v) is 14.9. The summed E-state index contributed by atoms with van der Waals surface area (Å²) in [6.45, 7) is 4.68. The van der Waals surface area contributed by atoms with Gasteiger partial charge in [0.25, 0.3) is 0 Å². The summed E-state index contributed by atoms with van der Waals surface area (Å²) in [7, 11) is 2.22. The van der Waals surface area contributed by atoms with Crippen molar-refractivity contribution in [3.63, 3.8) is 0 Å². The van der Waals surface area contributed by atoms with Gasteiger partial charge in [0.15, 0.2) is 0 Å². The highest BCUT2D eigenvalue weighted by Gasteiger charge is 2.30. The maximum atomic E-state index is 6.44. The van der Waals surface area contributed by atoms with Crippen LogP contribution in [0.4, 0.5) is 17.5 Å². The van der Waals surface area contributed by atoms with Gasteiger partial charge in [-0.25, -0.2) is 15.0 Å². The number of aromatic amines is 1. The second kappa shape index (κ2) is 10.8. The van der Waals surface area contributed by atoms with E-state index in [0.29, 0.717) is 44.9 Å². The molecule has 7 rings (SSSR count). The summed E-state index contributed by atoms with van der Waals surface area (Å²) >= 11 is 12.6. The number of rotatable bonds is 5. The van der Waals surface area contributed by atoms with Crippen LogP contribution in [-0.4, -0.2) is 73.6 Å². The third-order valence-electron chi connectivity index (χ3n) is 8.76. The molecule has 1 aliphatic heterocycles. The fraction of sp³-hybridized carbons (Fsp3) is 0.367. The van der Waals surface area contributed by atoms with Crippen LogP contribution in [0.25, 0.3) is 33.2 Å². The molecule has 3 aromatic heterocycles. The van der Waals surface area contributed by atoms with E-state index in [1.165, 1.54) is 25.9 Å². The molecule has 0 atom stereocenters. The second-order valence-corrected chi connectivity index (χ2v) is 12.1. The van der Waals surface area contributed by atoms with Crippen molar-refractivity contribution < 1.29 is 0 Å². The van der Waals surface area contributed by atoms with Crippen molar-refractivity contribution >= 4 is 62.7 Å². The lowest BCUT2D eigenvalue weighted by molar-refractivity contribution is 0.0828. The van der Waals surface area contributed by atoms with Gasteiger partial charge in [0.1, 0.15) is 23.3 Å². The van der Waals surface area contributed by atoms with Gasteiger partial charge in [-0.05, 0) is 62.6 Å². The van der Waals surface area contributed by atoms with Crippen LogP contribution in [0.1, 0.15) is 31.7 Å². The molecule has 2 aliphatic rings. The lowest BCUT2D eigenvalue weighted by Crippen LogP contribution is -2.49. The van der Waals surface area contributed by atoms with Crippen LogP contribution < -0.4 is 11.1 Å². The van der Waals surface area contributed by atoms with Gasteiger partial charge in [0.2, 0.25) is 5.95 Å². The molecule has 41 heavy (non-hydrogen) atoms. The number of piperazine rings is 1. The average molecular weight is 591 g/mol. The number of hydrogen-bond donors (Lipinski definition) is 3. The summed E-state index contributed by atoms with van der Waals surface area (Å²) in [6.07, 6.45) is 8.50. The first-order valence-electron chi connectivity index (χ1n) is 14.2. The van der Waals surface area contributed by atoms with E-state index in [1.807, 2.05) is 12.1 Å². The first kappa shape index (κ1) is 26.5. The standard InChI is InChI=1S/C30H33Cl2N9/c1-39-12-14-40(15-13-39)20-6-8-21(9-7-20)41-16-22(25-28(33)34-17-35-29(25)41)18-2-4-19(5-3-18)36-30-37-26-23(31)10-11-24(32)27(26)38-30/h2-5,10-11,16-17,20-21H,6-9,12-15H2,1H3,(H2,33,34,35)(H2,36,37,38)/t20-,21-. The Hall–Kier alpha value is -3.37. The van der Waals surface area contributed by atoms with Gasteiger partial charge >= 0.3 is 0 Å². The summed E-state index contributed by atoms with van der Waals surface area (Å²) in [5, 5.41) is 5.36. The number of hydrogen-bond acceptors (Lipinski definition) is 7. The molecule has 2 fully saturated rings. The maximum Gasteiger partial charge on any atom is 0.205 e. The fourth-order valence-corrected chi connectivity index (χ4v) is 6.85. The lowest BCUT2D eigenvalue weighted by atomic mass is 9.89. The highest BCUT2D eigenvalue weighted by Crippen LogP contribution is 2.39. The monoisotopic (exact) mass is 589 g/mol.